The Bertz CT molecular complexity index is 1760. The molecular formula is C51H79NO13. The fourth-order valence-corrected chi connectivity index (χ4v) is 10.1. The lowest BCUT2D eigenvalue weighted by atomic mass is 9.78. The standard InChI is InChI=1S/C51H79NO13/c1-30-16-12-11-13-17-31(2)42(61-8)28-38-21-19-36(7)51(60,65-38)48(57)49(58)52-23-15-14-18-39(52)50(59)64-43(33(4)26-37-20-22-40(53)44(27-37)62-9)29-41(54)32(3)25-35(6)46(56)47(63-10)45(55)34(5)24-30/h11-13,16-17,25,30,32-34,36-40,42-44,46-47,53,56,60H,14-15,18-24,26-29H2,1-10H3/b13-11+,16-12+,31-17-,35-25+/t30-,32-,33-,34-,36-,37+,38+,39+,40-,42?,43+,44-,46-,47?,51-/m1/s1. The van der Waals surface area contributed by atoms with E-state index in [0.29, 0.717) is 63.4 Å². The molecule has 15 atom stereocenters. The Hall–Kier alpha value is -3.37. The van der Waals surface area contributed by atoms with Crippen molar-refractivity contribution in [1.82, 2.24) is 4.90 Å². The van der Waals surface area contributed by atoms with E-state index in [1.54, 1.807) is 41.1 Å². The van der Waals surface area contributed by atoms with Gasteiger partial charge in [0, 0.05) is 58.5 Å². The quantitative estimate of drug-likeness (QED) is 0.156. The Labute approximate surface area is 387 Å². The molecule has 2 unspecified atom stereocenters. The molecule has 1 saturated carbocycles. The molecule has 3 fully saturated rings. The molecule has 14 nitrogen and oxygen atoms in total. The third-order valence-electron chi connectivity index (χ3n) is 14.5. The zero-order chi connectivity index (χ0) is 48.2. The van der Waals surface area contributed by atoms with E-state index in [1.807, 2.05) is 58.1 Å². The molecule has 2 saturated heterocycles. The van der Waals surface area contributed by atoms with Gasteiger partial charge >= 0.3 is 5.97 Å². The van der Waals surface area contributed by atoms with Crippen LogP contribution in [0.3, 0.4) is 0 Å². The summed E-state index contributed by atoms with van der Waals surface area (Å²) in [7, 11) is 4.52. The number of hydrogen-bond donors (Lipinski definition) is 3. The second kappa shape index (κ2) is 25.1. The number of fused-ring (bicyclic) bond motifs is 3. The average Bonchev–Trinajstić information content (AvgIpc) is 3.28. The fraction of sp³-hybridized carbons (Fsp3) is 0.745. The van der Waals surface area contributed by atoms with E-state index in [2.05, 4.69) is 0 Å². The molecule has 4 aliphatic rings. The van der Waals surface area contributed by atoms with Crippen molar-refractivity contribution in [1.29, 1.82) is 0 Å². The smallest absolute Gasteiger partial charge is 0.329 e. The summed E-state index contributed by atoms with van der Waals surface area (Å²) in [6, 6.07) is -1.14. The molecule has 3 aliphatic heterocycles. The van der Waals surface area contributed by atoms with Gasteiger partial charge in [-0.25, -0.2) is 4.79 Å². The summed E-state index contributed by atoms with van der Waals surface area (Å²) in [6.07, 6.45) is 11.2. The van der Waals surface area contributed by atoms with Crippen LogP contribution in [0.1, 0.15) is 126 Å². The maximum Gasteiger partial charge on any atom is 0.329 e. The number of rotatable bonds is 6. The summed E-state index contributed by atoms with van der Waals surface area (Å²) in [4.78, 5) is 71.8. The molecule has 0 aromatic carbocycles. The number of ether oxygens (including phenoxy) is 5. The summed E-state index contributed by atoms with van der Waals surface area (Å²) in [6.45, 7) is 12.7. The number of aliphatic hydroxyl groups excluding tert-OH is 2. The Morgan fingerprint density at radius 2 is 1.57 bits per heavy atom. The van der Waals surface area contributed by atoms with E-state index >= 15 is 0 Å². The van der Waals surface area contributed by atoms with Crippen LogP contribution in [-0.2, 0) is 47.7 Å². The van der Waals surface area contributed by atoms with Crippen LogP contribution >= 0.6 is 0 Å². The number of piperidine rings is 1. The highest BCUT2D eigenvalue weighted by atomic mass is 16.6. The number of amides is 1. The van der Waals surface area contributed by atoms with Crippen molar-refractivity contribution in [2.45, 2.75) is 180 Å². The summed E-state index contributed by atoms with van der Waals surface area (Å²) in [5, 5.41) is 33.8. The maximum absolute atomic E-state index is 14.4. The molecule has 14 heteroatoms. The Kier molecular flexibility index (Phi) is 21.0. The number of carbonyl (C=O) groups excluding carboxylic acids is 5. The molecule has 0 radical (unpaired) electrons. The molecule has 65 heavy (non-hydrogen) atoms. The maximum atomic E-state index is 14.4. The first-order valence-corrected chi connectivity index (χ1v) is 23.9. The number of aliphatic hydroxyl groups is 3. The van der Waals surface area contributed by atoms with E-state index in [0.717, 1.165) is 12.0 Å². The Morgan fingerprint density at radius 1 is 0.846 bits per heavy atom. The number of methoxy groups -OCH3 is 3. The zero-order valence-electron chi connectivity index (χ0n) is 40.6. The third-order valence-corrected chi connectivity index (χ3v) is 14.5. The molecule has 1 aliphatic carbocycles. The number of carbonyl (C=O) groups is 5. The molecule has 0 aromatic heterocycles. The van der Waals surface area contributed by atoms with Gasteiger partial charge in [-0.2, -0.15) is 0 Å². The van der Waals surface area contributed by atoms with Crippen LogP contribution in [0.15, 0.2) is 47.6 Å². The van der Waals surface area contributed by atoms with Gasteiger partial charge in [0.25, 0.3) is 11.7 Å². The molecule has 366 valence electrons. The lowest BCUT2D eigenvalue weighted by Crippen LogP contribution is -2.61. The summed E-state index contributed by atoms with van der Waals surface area (Å²) in [5.74, 6) is -7.96. The first-order valence-electron chi connectivity index (χ1n) is 23.9. The molecule has 1 amide bonds. The van der Waals surface area contributed by atoms with Crippen LogP contribution in [-0.4, -0.2) is 132 Å². The van der Waals surface area contributed by atoms with E-state index in [9.17, 15) is 39.3 Å². The van der Waals surface area contributed by atoms with Crippen molar-refractivity contribution in [3.63, 3.8) is 0 Å². The van der Waals surface area contributed by atoms with Gasteiger partial charge in [-0.05, 0) is 107 Å². The number of Topliss-reactive ketones (excluding diaryl/α,β-unsaturated/α-hetero) is 3. The monoisotopic (exact) mass is 914 g/mol. The van der Waals surface area contributed by atoms with Crippen molar-refractivity contribution in [2.24, 2.45) is 35.5 Å². The largest absolute Gasteiger partial charge is 0.460 e. The van der Waals surface area contributed by atoms with Gasteiger partial charge in [0.2, 0.25) is 5.79 Å². The molecule has 3 N–H and O–H groups in total. The first-order chi connectivity index (χ1) is 30.7. The molecule has 3 heterocycles. The van der Waals surface area contributed by atoms with Crippen LogP contribution in [0, 0.1) is 35.5 Å². The van der Waals surface area contributed by atoms with Crippen LogP contribution < -0.4 is 0 Å². The number of allylic oxidation sites excluding steroid dienone is 6. The average molecular weight is 914 g/mol. The molecule has 4 rings (SSSR count). The highest BCUT2D eigenvalue weighted by Crippen LogP contribution is 2.38. The minimum Gasteiger partial charge on any atom is -0.460 e. The van der Waals surface area contributed by atoms with Gasteiger partial charge in [0.15, 0.2) is 5.78 Å². The predicted octanol–water partition coefficient (Wildman–Crippen LogP) is 6.18. The van der Waals surface area contributed by atoms with Gasteiger partial charge in [0.1, 0.15) is 30.1 Å². The van der Waals surface area contributed by atoms with E-state index in [4.69, 9.17) is 23.7 Å². The number of ketones is 3. The van der Waals surface area contributed by atoms with Crippen molar-refractivity contribution >= 4 is 29.2 Å². The second-order valence-corrected chi connectivity index (χ2v) is 19.6. The minimum atomic E-state index is -2.43. The van der Waals surface area contributed by atoms with E-state index in [-0.39, 0.29) is 54.8 Å². The summed E-state index contributed by atoms with van der Waals surface area (Å²) in [5.41, 5.74) is 1.27. The lowest BCUT2D eigenvalue weighted by Gasteiger charge is -2.42. The highest BCUT2D eigenvalue weighted by Gasteiger charge is 2.53. The van der Waals surface area contributed by atoms with Gasteiger partial charge in [-0.15, -0.1) is 0 Å². The molecule has 0 spiro atoms. The van der Waals surface area contributed by atoms with E-state index in [1.165, 1.54) is 12.0 Å². The number of nitrogens with zero attached hydrogens (tertiary/aromatic N) is 1. The van der Waals surface area contributed by atoms with Crippen molar-refractivity contribution in [2.75, 3.05) is 27.9 Å². The SMILES string of the molecule is COC1C[C@@H]2CC[C@@H](C)[C@@](O)(O2)C(=O)C(=O)N2CCCC[C@H]2C(=O)O[C@H]([C@H](C)C[C@@H]2CC[C@@H](O)[C@H](OC)C2)CC(=O)[C@H](C)/C=C(\C)[C@@H](O)C(OC)C(=O)[C@H](C)C[C@H](C)/C=C/C=C/C=C\1C. The third kappa shape index (κ3) is 14.3. The van der Waals surface area contributed by atoms with Gasteiger partial charge in [-0.1, -0.05) is 71.1 Å². The van der Waals surface area contributed by atoms with Crippen LogP contribution in [0.4, 0.5) is 0 Å². The molecule has 2 bridgehead atoms. The summed E-state index contributed by atoms with van der Waals surface area (Å²) >= 11 is 0. The van der Waals surface area contributed by atoms with Crippen molar-refractivity contribution in [3.05, 3.63) is 47.6 Å². The first kappa shape index (κ1) is 54.2. The van der Waals surface area contributed by atoms with Crippen LogP contribution in [0.5, 0.6) is 0 Å². The lowest BCUT2D eigenvalue weighted by molar-refractivity contribution is -0.265. The van der Waals surface area contributed by atoms with Gasteiger partial charge in [-0.3, -0.25) is 19.2 Å². The van der Waals surface area contributed by atoms with Crippen LogP contribution in [0.25, 0.3) is 0 Å². The second-order valence-electron chi connectivity index (χ2n) is 19.6. The topological polar surface area (TPSA) is 195 Å². The van der Waals surface area contributed by atoms with Gasteiger partial charge < -0.3 is 43.9 Å². The predicted molar refractivity (Wildman–Crippen MR) is 245 cm³/mol. The zero-order valence-corrected chi connectivity index (χ0v) is 40.6. The van der Waals surface area contributed by atoms with Gasteiger partial charge in [0.05, 0.1) is 24.4 Å². The number of hydrogen-bond acceptors (Lipinski definition) is 13. The Balaban J connectivity index is 1.70. The molecule has 0 aromatic rings. The summed E-state index contributed by atoms with van der Waals surface area (Å²) < 4.78 is 29.4. The van der Waals surface area contributed by atoms with E-state index < -0.39 is 83.9 Å². The minimum absolute atomic E-state index is 0.0193. The number of cyclic esters (lactones) is 1. The van der Waals surface area contributed by atoms with Crippen molar-refractivity contribution < 1.29 is 63.0 Å². The Morgan fingerprint density at radius 3 is 2.25 bits per heavy atom. The molecular weight excluding hydrogens is 835 g/mol. The number of esters is 1. The normalized spacial score (nSPS) is 40.4. The highest BCUT2D eigenvalue weighted by molar-refractivity contribution is 6.39. The fourth-order valence-electron chi connectivity index (χ4n) is 10.1. The van der Waals surface area contributed by atoms with Crippen molar-refractivity contribution in [3.8, 4) is 0 Å². The van der Waals surface area contributed by atoms with Crippen LogP contribution in [0.2, 0.25) is 0 Å².